The van der Waals surface area contributed by atoms with E-state index in [0.717, 1.165) is 0 Å². The minimum Gasteiger partial charge on any atom is -0.497 e. The molecule has 0 spiro atoms. The molecular formula is C14H15N5O3. The Bertz CT molecular complexity index is 712. The highest BCUT2D eigenvalue weighted by Gasteiger charge is 2.29. The van der Waals surface area contributed by atoms with E-state index in [9.17, 15) is 9.59 Å². The Morgan fingerprint density at radius 3 is 3.23 bits per heavy atom. The third kappa shape index (κ3) is 2.90. The highest BCUT2D eigenvalue weighted by atomic mass is 16.5. The van der Waals surface area contributed by atoms with E-state index in [0.29, 0.717) is 23.9 Å². The van der Waals surface area contributed by atoms with Crippen molar-refractivity contribution >= 4 is 23.5 Å². The number of anilines is 2. The molecule has 22 heavy (non-hydrogen) atoms. The van der Waals surface area contributed by atoms with E-state index in [1.165, 1.54) is 6.33 Å². The summed E-state index contributed by atoms with van der Waals surface area (Å²) in [7, 11) is 1.56. The first-order chi connectivity index (χ1) is 10.7. The first-order valence-electron chi connectivity index (χ1n) is 6.78. The van der Waals surface area contributed by atoms with Gasteiger partial charge in [0.05, 0.1) is 19.6 Å². The van der Waals surface area contributed by atoms with Crippen molar-refractivity contribution in [2.75, 3.05) is 17.7 Å². The lowest BCUT2D eigenvalue weighted by atomic mass is 10.0. The molecule has 0 saturated heterocycles. The number of rotatable bonds is 4. The fourth-order valence-electron chi connectivity index (χ4n) is 2.29. The summed E-state index contributed by atoms with van der Waals surface area (Å²) in [5, 5.41) is 9.38. The molecule has 0 saturated carbocycles. The normalized spacial score (nSPS) is 16.6. The van der Waals surface area contributed by atoms with E-state index in [-0.39, 0.29) is 18.2 Å². The third-order valence-corrected chi connectivity index (χ3v) is 3.40. The van der Waals surface area contributed by atoms with Crippen LogP contribution in [0.5, 0.6) is 5.75 Å². The topological polar surface area (TPSA) is 98.1 Å². The van der Waals surface area contributed by atoms with Gasteiger partial charge in [-0.1, -0.05) is 6.07 Å². The molecule has 1 aliphatic heterocycles. The van der Waals surface area contributed by atoms with Crippen LogP contribution in [0.25, 0.3) is 0 Å². The van der Waals surface area contributed by atoms with Crippen LogP contribution in [0.3, 0.4) is 0 Å². The fourth-order valence-corrected chi connectivity index (χ4v) is 2.29. The quantitative estimate of drug-likeness (QED) is 0.873. The summed E-state index contributed by atoms with van der Waals surface area (Å²) in [4.78, 5) is 28.0. The molecule has 3 rings (SSSR count). The van der Waals surface area contributed by atoms with Crippen molar-refractivity contribution in [2.24, 2.45) is 5.92 Å². The number of fused-ring (bicyclic) bond motifs is 1. The Morgan fingerprint density at radius 2 is 2.41 bits per heavy atom. The predicted octanol–water partition coefficient (Wildman–Crippen LogP) is 0.884. The number of amides is 2. The number of methoxy groups -OCH3 is 1. The maximum atomic E-state index is 12.1. The van der Waals surface area contributed by atoms with Gasteiger partial charge in [-0.25, -0.2) is 4.68 Å². The minimum absolute atomic E-state index is 0.0718. The van der Waals surface area contributed by atoms with Crippen LogP contribution in [0.1, 0.15) is 6.42 Å². The number of benzene rings is 1. The summed E-state index contributed by atoms with van der Waals surface area (Å²) < 4.78 is 6.67. The van der Waals surface area contributed by atoms with Gasteiger partial charge in [0.2, 0.25) is 17.8 Å². The summed E-state index contributed by atoms with van der Waals surface area (Å²) in [6, 6.07) is 7.05. The number of carbonyl (C=O) groups is 2. The van der Waals surface area contributed by atoms with Crippen molar-refractivity contribution in [3.8, 4) is 5.75 Å². The third-order valence-electron chi connectivity index (χ3n) is 3.40. The van der Waals surface area contributed by atoms with Gasteiger partial charge in [-0.15, -0.1) is 0 Å². The number of hydrogen-bond acceptors (Lipinski definition) is 5. The molecule has 0 bridgehead atoms. The lowest BCUT2D eigenvalue weighted by molar-refractivity contribution is -0.125. The molecule has 2 amide bonds. The van der Waals surface area contributed by atoms with Crippen LogP contribution in [0.2, 0.25) is 0 Å². The van der Waals surface area contributed by atoms with E-state index in [2.05, 4.69) is 20.7 Å². The first-order valence-corrected chi connectivity index (χ1v) is 6.78. The van der Waals surface area contributed by atoms with Gasteiger partial charge >= 0.3 is 0 Å². The van der Waals surface area contributed by atoms with Gasteiger partial charge in [0.25, 0.3) is 0 Å². The molecule has 8 heteroatoms. The average Bonchev–Trinajstić information content (AvgIpc) is 2.94. The molecule has 1 aromatic carbocycles. The largest absolute Gasteiger partial charge is 0.497 e. The van der Waals surface area contributed by atoms with Crippen LogP contribution in [0.15, 0.2) is 30.6 Å². The Balaban J connectivity index is 1.63. The number of nitrogens with one attached hydrogen (secondary N) is 2. The van der Waals surface area contributed by atoms with Gasteiger partial charge in [-0.2, -0.15) is 10.1 Å². The van der Waals surface area contributed by atoms with Crippen molar-refractivity contribution in [3.05, 3.63) is 30.6 Å². The molecule has 114 valence electrons. The van der Waals surface area contributed by atoms with Gasteiger partial charge in [-0.3, -0.25) is 14.9 Å². The number of ether oxygens (including phenoxy) is 1. The molecule has 0 unspecified atom stereocenters. The standard InChI is InChI=1S/C14H15N5O3/c1-22-11-4-2-3-10(6-11)17-12(20)5-9-7-19-14(15-8-16-19)18-13(9)21/h2-4,6,8-9H,5,7H2,1H3,(H,17,20)(H,15,16,18,21)/t9-/m1/s1. The van der Waals surface area contributed by atoms with Crippen molar-refractivity contribution < 1.29 is 14.3 Å². The number of nitrogens with zero attached hydrogens (tertiary/aromatic N) is 3. The second kappa shape index (κ2) is 5.84. The molecule has 0 radical (unpaired) electrons. The summed E-state index contributed by atoms with van der Waals surface area (Å²) in [6.45, 7) is 0.340. The van der Waals surface area contributed by atoms with E-state index < -0.39 is 5.92 Å². The Kier molecular flexibility index (Phi) is 3.73. The molecular weight excluding hydrogens is 286 g/mol. The van der Waals surface area contributed by atoms with E-state index in [1.54, 1.807) is 36.1 Å². The summed E-state index contributed by atoms with van der Waals surface area (Å²) in [5.41, 5.74) is 0.627. The van der Waals surface area contributed by atoms with Crippen LogP contribution in [-0.2, 0) is 16.1 Å². The van der Waals surface area contributed by atoms with E-state index >= 15 is 0 Å². The van der Waals surface area contributed by atoms with Crippen molar-refractivity contribution in [1.29, 1.82) is 0 Å². The predicted molar refractivity (Wildman–Crippen MR) is 78.4 cm³/mol. The maximum Gasteiger partial charge on any atom is 0.232 e. The molecule has 0 aliphatic carbocycles. The molecule has 2 N–H and O–H groups in total. The monoisotopic (exact) mass is 301 g/mol. The lowest BCUT2D eigenvalue weighted by Crippen LogP contribution is -2.36. The highest BCUT2D eigenvalue weighted by Crippen LogP contribution is 2.20. The van der Waals surface area contributed by atoms with Crippen LogP contribution in [0, 0.1) is 5.92 Å². The van der Waals surface area contributed by atoms with E-state index in [1.807, 2.05) is 0 Å². The fraction of sp³-hybridized carbons (Fsp3) is 0.286. The Morgan fingerprint density at radius 1 is 1.55 bits per heavy atom. The number of aromatic nitrogens is 3. The maximum absolute atomic E-state index is 12.1. The van der Waals surface area contributed by atoms with Crippen molar-refractivity contribution in [3.63, 3.8) is 0 Å². The minimum atomic E-state index is -0.472. The molecule has 2 aromatic rings. The molecule has 0 fully saturated rings. The second-order valence-corrected chi connectivity index (χ2v) is 4.94. The molecule has 1 aliphatic rings. The SMILES string of the molecule is COc1cccc(NC(=O)C[C@@H]2Cn3ncnc3NC2=O)c1. The zero-order chi connectivity index (χ0) is 15.5. The smallest absolute Gasteiger partial charge is 0.232 e. The van der Waals surface area contributed by atoms with Gasteiger partial charge in [-0.05, 0) is 12.1 Å². The van der Waals surface area contributed by atoms with Crippen LogP contribution in [-0.4, -0.2) is 33.7 Å². The van der Waals surface area contributed by atoms with E-state index in [4.69, 9.17) is 4.74 Å². The highest BCUT2D eigenvalue weighted by molar-refractivity contribution is 5.98. The second-order valence-electron chi connectivity index (χ2n) is 4.94. The zero-order valence-corrected chi connectivity index (χ0v) is 11.9. The summed E-state index contributed by atoms with van der Waals surface area (Å²) in [6.07, 6.45) is 1.44. The molecule has 1 atom stereocenters. The lowest BCUT2D eigenvalue weighted by Gasteiger charge is -2.21. The van der Waals surface area contributed by atoms with Gasteiger partial charge < -0.3 is 10.1 Å². The molecule has 8 nitrogen and oxygen atoms in total. The number of carbonyl (C=O) groups excluding carboxylic acids is 2. The van der Waals surface area contributed by atoms with Gasteiger partial charge in [0.15, 0.2) is 0 Å². The molecule has 1 aromatic heterocycles. The molecule has 2 heterocycles. The Labute approximate surface area is 126 Å². The Hall–Kier alpha value is -2.90. The summed E-state index contributed by atoms with van der Waals surface area (Å²) >= 11 is 0. The van der Waals surface area contributed by atoms with Crippen molar-refractivity contribution in [2.45, 2.75) is 13.0 Å². The van der Waals surface area contributed by atoms with Crippen LogP contribution < -0.4 is 15.4 Å². The van der Waals surface area contributed by atoms with Crippen LogP contribution in [0.4, 0.5) is 11.6 Å². The van der Waals surface area contributed by atoms with Gasteiger partial charge in [0, 0.05) is 18.2 Å². The summed E-state index contributed by atoms with van der Waals surface area (Å²) in [5.74, 6) is 0.132. The first kappa shape index (κ1) is 14.1. The average molecular weight is 301 g/mol. The van der Waals surface area contributed by atoms with Gasteiger partial charge in [0.1, 0.15) is 12.1 Å². The zero-order valence-electron chi connectivity index (χ0n) is 11.9. The number of hydrogen-bond donors (Lipinski definition) is 2. The van der Waals surface area contributed by atoms with Crippen molar-refractivity contribution in [1.82, 2.24) is 14.8 Å². The van der Waals surface area contributed by atoms with Crippen LogP contribution >= 0.6 is 0 Å².